The molecule has 0 aliphatic heterocycles. The van der Waals surface area contributed by atoms with E-state index >= 15 is 0 Å². The third kappa shape index (κ3) is 4.94. The molecule has 0 amide bonds. The highest BCUT2D eigenvalue weighted by Gasteiger charge is 2.08. The van der Waals surface area contributed by atoms with Crippen molar-refractivity contribution >= 4 is 29.1 Å². The summed E-state index contributed by atoms with van der Waals surface area (Å²) in [5.41, 5.74) is 1.88. The SMILES string of the molecule is O=C(CCSc1ccccc1)OCc1csc(-c2ccccc2)n1. The van der Waals surface area contributed by atoms with Crippen LogP contribution in [0.1, 0.15) is 12.1 Å². The normalized spacial score (nSPS) is 10.5. The van der Waals surface area contributed by atoms with Crippen molar-refractivity contribution in [2.45, 2.75) is 17.9 Å². The molecular weight excluding hydrogens is 338 g/mol. The third-order valence-electron chi connectivity index (χ3n) is 3.27. The standard InChI is InChI=1S/C19H17NO2S2/c21-18(11-12-23-17-9-5-2-6-10-17)22-13-16-14-24-19(20-16)15-7-3-1-4-8-15/h1-10,14H,11-13H2. The summed E-state index contributed by atoms with van der Waals surface area (Å²) >= 11 is 3.22. The van der Waals surface area contributed by atoms with E-state index in [4.69, 9.17) is 4.74 Å². The molecule has 0 fully saturated rings. The summed E-state index contributed by atoms with van der Waals surface area (Å²) in [6, 6.07) is 20.0. The number of aromatic nitrogens is 1. The third-order valence-corrected chi connectivity index (χ3v) is 5.23. The van der Waals surface area contributed by atoms with Crippen molar-refractivity contribution in [3.05, 3.63) is 71.7 Å². The summed E-state index contributed by atoms with van der Waals surface area (Å²) in [5, 5.41) is 2.88. The second kappa shape index (κ2) is 8.66. The lowest BCUT2D eigenvalue weighted by Crippen LogP contribution is -2.05. The molecule has 122 valence electrons. The van der Waals surface area contributed by atoms with E-state index < -0.39 is 0 Å². The van der Waals surface area contributed by atoms with Crippen LogP contribution in [-0.2, 0) is 16.1 Å². The van der Waals surface area contributed by atoms with Crippen molar-refractivity contribution in [3.8, 4) is 10.6 Å². The fraction of sp³-hybridized carbons (Fsp3) is 0.158. The molecule has 0 atom stereocenters. The maximum absolute atomic E-state index is 11.8. The van der Waals surface area contributed by atoms with Crippen LogP contribution >= 0.6 is 23.1 Å². The van der Waals surface area contributed by atoms with Crippen molar-refractivity contribution in [2.24, 2.45) is 0 Å². The zero-order chi connectivity index (χ0) is 16.6. The van der Waals surface area contributed by atoms with Gasteiger partial charge < -0.3 is 4.74 Å². The maximum atomic E-state index is 11.8. The van der Waals surface area contributed by atoms with E-state index in [-0.39, 0.29) is 12.6 Å². The number of nitrogens with zero attached hydrogens (tertiary/aromatic N) is 1. The molecule has 1 heterocycles. The van der Waals surface area contributed by atoms with Crippen LogP contribution in [0.5, 0.6) is 0 Å². The first-order valence-electron chi connectivity index (χ1n) is 7.64. The Labute approximate surface area is 149 Å². The van der Waals surface area contributed by atoms with E-state index in [1.165, 1.54) is 0 Å². The second-order valence-electron chi connectivity index (χ2n) is 5.08. The molecule has 24 heavy (non-hydrogen) atoms. The lowest BCUT2D eigenvalue weighted by molar-refractivity contribution is -0.144. The van der Waals surface area contributed by atoms with Crippen molar-refractivity contribution in [1.82, 2.24) is 4.98 Å². The molecule has 0 spiro atoms. The summed E-state index contributed by atoms with van der Waals surface area (Å²) < 4.78 is 5.31. The van der Waals surface area contributed by atoms with Gasteiger partial charge in [0.15, 0.2) is 0 Å². The molecule has 3 rings (SSSR count). The van der Waals surface area contributed by atoms with Gasteiger partial charge >= 0.3 is 5.97 Å². The van der Waals surface area contributed by atoms with Crippen LogP contribution in [-0.4, -0.2) is 16.7 Å². The molecule has 5 heteroatoms. The van der Waals surface area contributed by atoms with Gasteiger partial charge in [0.2, 0.25) is 0 Å². The second-order valence-corrected chi connectivity index (χ2v) is 7.11. The Morgan fingerprint density at radius 1 is 1.04 bits per heavy atom. The van der Waals surface area contributed by atoms with Crippen molar-refractivity contribution in [3.63, 3.8) is 0 Å². The highest BCUT2D eigenvalue weighted by Crippen LogP contribution is 2.23. The molecule has 3 aromatic rings. The first-order chi connectivity index (χ1) is 11.8. The number of thioether (sulfide) groups is 1. The van der Waals surface area contributed by atoms with E-state index in [9.17, 15) is 4.79 Å². The minimum Gasteiger partial charge on any atom is -0.459 e. The number of carbonyl (C=O) groups excluding carboxylic acids is 1. The average molecular weight is 355 g/mol. The Hall–Kier alpha value is -2.11. The molecule has 0 bridgehead atoms. The van der Waals surface area contributed by atoms with E-state index in [2.05, 4.69) is 4.98 Å². The van der Waals surface area contributed by atoms with Gasteiger partial charge in [0, 0.05) is 21.6 Å². The molecule has 0 aliphatic rings. The van der Waals surface area contributed by atoms with Crippen molar-refractivity contribution in [2.75, 3.05) is 5.75 Å². The molecule has 1 aromatic heterocycles. The van der Waals surface area contributed by atoms with E-state index in [0.29, 0.717) is 6.42 Å². The van der Waals surface area contributed by atoms with E-state index in [0.717, 1.165) is 26.9 Å². The Bertz CT molecular complexity index is 772. The molecular formula is C19H17NO2S2. The maximum Gasteiger partial charge on any atom is 0.307 e. The van der Waals surface area contributed by atoms with Crippen LogP contribution < -0.4 is 0 Å². The lowest BCUT2D eigenvalue weighted by atomic mass is 10.2. The number of carbonyl (C=O) groups is 1. The van der Waals surface area contributed by atoms with Gasteiger partial charge in [0.1, 0.15) is 11.6 Å². The minimum atomic E-state index is -0.187. The number of ether oxygens (including phenoxy) is 1. The van der Waals surface area contributed by atoms with E-state index in [1.807, 2.05) is 66.0 Å². The number of rotatable bonds is 7. The molecule has 0 radical (unpaired) electrons. The van der Waals surface area contributed by atoms with Gasteiger partial charge in [-0.05, 0) is 12.1 Å². The summed E-state index contributed by atoms with van der Waals surface area (Å²) in [7, 11) is 0. The summed E-state index contributed by atoms with van der Waals surface area (Å²) in [5.74, 6) is 0.530. The number of esters is 1. The van der Waals surface area contributed by atoms with Crippen LogP contribution in [0.3, 0.4) is 0 Å². The molecule has 2 aromatic carbocycles. The molecule has 0 saturated carbocycles. The summed E-state index contributed by atoms with van der Waals surface area (Å²) in [6.45, 7) is 0.234. The quantitative estimate of drug-likeness (QED) is 0.440. The van der Waals surface area contributed by atoms with Crippen molar-refractivity contribution < 1.29 is 9.53 Å². The van der Waals surface area contributed by atoms with Gasteiger partial charge in [-0.15, -0.1) is 23.1 Å². The summed E-state index contributed by atoms with van der Waals surface area (Å²) in [6.07, 6.45) is 0.398. The number of hydrogen-bond acceptors (Lipinski definition) is 5. The smallest absolute Gasteiger partial charge is 0.307 e. The van der Waals surface area contributed by atoms with Crippen molar-refractivity contribution in [1.29, 1.82) is 0 Å². The largest absolute Gasteiger partial charge is 0.459 e. The molecule has 0 saturated heterocycles. The van der Waals surface area contributed by atoms with Crippen LogP contribution in [0.25, 0.3) is 10.6 Å². The Kier molecular flexibility index (Phi) is 6.04. The van der Waals surface area contributed by atoms with Gasteiger partial charge in [-0.2, -0.15) is 0 Å². The highest BCUT2D eigenvalue weighted by molar-refractivity contribution is 7.99. The van der Waals surface area contributed by atoms with Gasteiger partial charge in [0.05, 0.1) is 12.1 Å². The van der Waals surface area contributed by atoms with Gasteiger partial charge in [-0.3, -0.25) is 4.79 Å². The first-order valence-corrected chi connectivity index (χ1v) is 9.51. The minimum absolute atomic E-state index is 0.187. The number of benzene rings is 2. The zero-order valence-electron chi connectivity index (χ0n) is 13.1. The fourth-order valence-corrected chi connectivity index (χ4v) is 3.75. The highest BCUT2D eigenvalue weighted by atomic mass is 32.2. The molecule has 0 aliphatic carbocycles. The predicted molar refractivity (Wildman–Crippen MR) is 99.1 cm³/mol. The first kappa shape index (κ1) is 16.7. The van der Waals surface area contributed by atoms with Gasteiger partial charge in [-0.1, -0.05) is 48.5 Å². The fourth-order valence-electron chi connectivity index (χ4n) is 2.08. The monoisotopic (exact) mass is 355 g/mol. The predicted octanol–water partition coefficient (Wildman–Crippen LogP) is 5.04. The molecule has 0 unspecified atom stereocenters. The molecule has 0 N–H and O–H groups in total. The Balaban J connectivity index is 1.42. The van der Waals surface area contributed by atoms with Gasteiger partial charge in [-0.25, -0.2) is 4.98 Å². The van der Waals surface area contributed by atoms with Crippen LogP contribution in [0, 0.1) is 0 Å². The van der Waals surface area contributed by atoms with Gasteiger partial charge in [0.25, 0.3) is 0 Å². The topological polar surface area (TPSA) is 39.2 Å². The Morgan fingerprint density at radius 3 is 2.50 bits per heavy atom. The summed E-state index contributed by atoms with van der Waals surface area (Å²) in [4.78, 5) is 17.5. The zero-order valence-corrected chi connectivity index (χ0v) is 14.7. The number of thiazole rings is 1. The van der Waals surface area contributed by atoms with E-state index in [1.54, 1.807) is 23.1 Å². The Morgan fingerprint density at radius 2 is 1.75 bits per heavy atom. The van der Waals surface area contributed by atoms with Crippen LogP contribution in [0.15, 0.2) is 70.9 Å². The van der Waals surface area contributed by atoms with Crippen LogP contribution in [0.4, 0.5) is 0 Å². The number of hydrogen-bond donors (Lipinski definition) is 0. The van der Waals surface area contributed by atoms with Crippen LogP contribution in [0.2, 0.25) is 0 Å². The molecule has 3 nitrogen and oxygen atoms in total. The average Bonchev–Trinajstić information content (AvgIpc) is 3.11. The lowest BCUT2D eigenvalue weighted by Gasteiger charge is -2.03.